The van der Waals surface area contributed by atoms with Crippen molar-refractivity contribution in [3.63, 3.8) is 0 Å². The fraction of sp³-hybridized carbons (Fsp3) is 0.654. The van der Waals surface area contributed by atoms with Crippen molar-refractivity contribution in [2.45, 2.75) is 57.0 Å². The lowest BCUT2D eigenvalue weighted by atomic mass is 10.0. The van der Waals surface area contributed by atoms with Crippen LogP contribution in [0.15, 0.2) is 24.3 Å². The highest BCUT2D eigenvalue weighted by molar-refractivity contribution is 5.91. The third-order valence-corrected chi connectivity index (χ3v) is 8.20. The van der Waals surface area contributed by atoms with Crippen molar-refractivity contribution in [1.29, 1.82) is 0 Å². The Morgan fingerprint density at radius 2 is 1.51 bits per heavy atom. The van der Waals surface area contributed by atoms with Crippen LogP contribution in [0.3, 0.4) is 0 Å². The molecule has 0 saturated carbocycles. The SMILES string of the molecule is O=C(CNC(=O)N1CCC(N2CCc3ccccc3NC2=O)CC1)N1CCC(N2CCCC2)CC1. The summed E-state index contributed by atoms with van der Waals surface area (Å²) in [6, 6.07) is 8.43. The van der Waals surface area contributed by atoms with E-state index in [1.165, 1.54) is 25.9 Å². The number of carbonyl (C=O) groups excluding carboxylic acids is 3. The van der Waals surface area contributed by atoms with Gasteiger partial charge in [0.2, 0.25) is 5.91 Å². The molecule has 1 aromatic rings. The molecule has 0 atom stereocenters. The lowest BCUT2D eigenvalue weighted by Crippen LogP contribution is -2.53. The van der Waals surface area contributed by atoms with E-state index in [4.69, 9.17) is 0 Å². The van der Waals surface area contributed by atoms with Crippen LogP contribution in [-0.4, -0.2) is 102 Å². The molecule has 35 heavy (non-hydrogen) atoms. The number of carbonyl (C=O) groups is 3. The third-order valence-electron chi connectivity index (χ3n) is 8.20. The molecule has 0 unspecified atom stereocenters. The second-order valence-corrected chi connectivity index (χ2v) is 10.3. The maximum atomic E-state index is 12.8. The fourth-order valence-corrected chi connectivity index (χ4v) is 6.08. The van der Waals surface area contributed by atoms with Crippen molar-refractivity contribution in [3.05, 3.63) is 29.8 Å². The van der Waals surface area contributed by atoms with Gasteiger partial charge < -0.3 is 30.2 Å². The first-order valence-electron chi connectivity index (χ1n) is 13.3. The lowest BCUT2D eigenvalue weighted by molar-refractivity contribution is -0.131. The smallest absolute Gasteiger partial charge is 0.322 e. The maximum absolute atomic E-state index is 12.8. The first kappa shape index (κ1) is 23.9. The minimum absolute atomic E-state index is 0.00825. The Labute approximate surface area is 207 Å². The van der Waals surface area contributed by atoms with Crippen molar-refractivity contribution in [3.8, 4) is 0 Å². The molecule has 0 bridgehead atoms. The molecule has 4 aliphatic rings. The minimum atomic E-state index is -0.184. The van der Waals surface area contributed by atoms with E-state index < -0.39 is 0 Å². The highest BCUT2D eigenvalue weighted by Crippen LogP contribution is 2.25. The van der Waals surface area contributed by atoms with E-state index in [0.29, 0.717) is 25.7 Å². The quantitative estimate of drug-likeness (QED) is 0.690. The molecule has 0 aliphatic carbocycles. The van der Waals surface area contributed by atoms with E-state index in [1.807, 2.05) is 28.0 Å². The van der Waals surface area contributed by atoms with Gasteiger partial charge in [-0.05, 0) is 69.7 Å². The number of anilines is 1. The van der Waals surface area contributed by atoms with E-state index in [9.17, 15) is 14.4 Å². The standard InChI is InChI=1S/C26H38N6O3/c33-24(30-14-8-21(9-15-30)29-12-3-4-13-29)19-27-25(34)31-16-10-22(11-17-31)32-18-7-20-5-1-2-6-23(20)28-26(32)35/h1-2,5-6,21-22H,3-4,7-19H2,(H,27,34)(H,28,35). The van der Waals surface area contributed by atoms with Crippen molar-refractivity contribution >= 4 is 23.7 Å². The van der Waals surface area contributed by atoms with Gasteiger partial charge in [0.15, 0.2) is 0 Å². The number of rotatable bonds is 4. The molecule has 4 heterocycles. The Hall–Kier alpha value is -2.81. The van der Waals surface area contributed by atoms with Crippen LogP contribution in [0.4, 0.5) is 15.3 Å². The number of hydrogen-bond donors (Lipinski definition) is 2. The third kappa shape index (κ3) is 5.55. The Bertz CT molecular complexity index is 917. The summed E-state index contributed by atoms with van der Waals surface area (Å²) in [4.78, 5) is 46.3. The number of benzene rings is 1. The lowest BCUT2D eigenvalue weighted by Gasteiger charge is -2.38. The topological polar surface area (TPSA) is 88.2 Å². The van der Waals surface area contributed by atoms with Gasteiger partial charge in [-0.25, -0.2) is 9.59 Å². The average molecular weight is 483 g/mol. The van der Waals surface area contributed by atoms with Crippen LogP contribution in [-0.2, 0) is 11.2 Å². The summed E-state index contributed by atoms with van der Waals surface area (Å²) in [6.07, 6.45) is 6.96. The Morgan fingerprint density at radius 1 is 0.857 bits per heavy atom. The van der Waals surface area contributed by atoms with Gasteiger partial charge in [-0.2, -0.15) is 0 Å². The molecule has 3 saturated heterocycles. The van der Waals surface area contributed by atoms with E-state index in [1.54, 1.807) is 4.90 Å². The molecular weight excluding hydrogens is 444 g/mol. The summed E-state index contributed by atoms with van der Waals surface area (Å²) in [5, 5.41) is 5.87. The van der Waals surface area contributed by atoms with Gasteiger partial charge in [-0.1, -0.05) is 18.2 Å². The van der Waals surface area contributed by atoms with E-state index in [0.717, 1.165) is 56.4 Å². The van der Waals surface area contributed by atoms with Gasteiger partial charge in [0.1, 0.15) is 0 Å². The number of fused-ring (bicyclic) bond motifs is 1. The summed E-state index contributed by atoms with van der Waals surface area (Å²) in [6.45, 7) is 5.86. The maximum Gasteiger partial charge on any atom is 0.322 e. The van der Waals surface area contributed by atoms with E-state index in [-0.39, 0.29) is 30.6 Å². The van der Waals surface area contributed by atoms with Gasteiger partial charge in [0, 0.05) is 50.5 Å². The summed E-state index contributed by atoms with van der Waals surface area (Å²) in [5.74, 6) is 0.00825. The first-order valence-corrected chi connectivity index (χ1v) is 13.3. The van der Waals surface area contributed by atoms with Crippen molar-refractivity contribution in [2.75, 3.05) is 57.7 Å². The van der Waals surface area contributed by atoms with Crippen molar-refractivity contribution in [2.24, 2.45) is 0 Å². The van der Waals surface area contributed by atoms with Gasteiger partial charge in [-0.15, -0.1) is 0 Å². The zero-order valence-electron chi connectivity index (χ0n) is 20.6. The normalized spacial score (nSPS) is 22.5. The molecule has 3 fully saturated rings. The number of para-hydroxylation sites is 1. The van der Waals surface area contributed by atoms with Gasteiger partial charge in [0.05, 0.1) is 6.54 Å². The van der Waals surface area contributed by atoms with Crippen LogP contribution in [0.2, 0.25) is 0 Å². The summed E-state index contributed by atoms with van der Waals surface area (Å²) in [7, 11) is 0. The average Bonchev–Trinajstić information content (AvgIpc) is 3.38. The number of nitrogens with zero attached hydrogens (tertiary/aromatic N) is 4. The van der Waals surface area contributed by atoms with Crippen LogP contribution in [0.5, 0.6) is 0 Å². The Kier molecular flexibility index (Phi) is 7.41. The predicted molar refractivity (Wildman–Crippen MR) is 134 cm³/mol. The molecule has 5 rings (SSSR count). The predicted octanol–water partition coefficient (Wildman–Crippen LogP) is 2.34. The molecule has 9 nitrogen and oxygen atoms in total. The summed E-state index contributed by atoms with van der Waals surface area (Å²) in [5.41, 5.74) is 2.05. The zero-order valence-corrected chi connectivity index (χ0v) is 20.6. The number of hydrogen-bond acceptors (Lipinski definition) is 4. The number of nitrogens with one attached hydrogen (secondary N) is 2. The van der Waals surface area contributed by atoms with Gasteiger partial charge in [-0.3, -0.25) is 4.79 Å². The van der Waals surface area contributed by atoms with Crippen LogP contribution >= 0.6 is 0 Å². The molecule has 2 N–H and O–H groups in total. The summed E-state index contributed by atoms with van der Waals surface area (Å²) >= 11 is 0. The fourth-order valence-electron chi connectivity index (χ4n) is 6.08. The Morgan fingerprint density at radius 3 is 2.26 bits per heavy atom. The Balaban J connectivity index is 1.03. The molecule has 0 aromatic heterocycles. The second-order valence-electron chi connectivity index (χ2n) is 10.3. The van der Waals surface area contributed by atoms with Crippen LogP contribution in [0.1, 0.15) is 44.1 Å². The number of likely N-dealkylation sites (tertiary alicyclic amines) is 3. The first-order chi connectivity index (χ1) is 17.1. The molecule has 0 radical (unpaired) electrons. The minimum Gasteiger partial charge on any atom is -0.341 e. The molecule has 9 heteroatoms. The molecule has 0 spiro atoms. The van der Waals surface area contributed by atoms with Crippen molar-refractivity contribution < 1.29 is 14.4 Å². The van der Waals surface area contributed by atoms with Crippen LogP contribution in [0, 0.1) is 0 Å². The molecule has 4 aliphatic heterocycles. The van der Waals surface area contributed by atoms with Crippen molar-refractivity contribution in [1.82, 2.24) is 24.9 Å². The monoisotopic (exact) mass is 482 g/mol. The number of urea groups is 2. The molecule has 5 amide bonds. The largest absolute Gasteiger partial charge is 0.341 e. The van der Waals surface area contributed by atoms with Crippen LogP contribution < -0.4 is 10.6 Å². The zero-order chi connectivity index (χ0) is 24.2. The van der Waals surface area contributed by atoms with E-state index >= 15 is 0 Å². The molecule has 1 aromatic carbocycles. The number of amides is 5. The van der Waals surface area contributed by atoms with Gasteiger partial charge in [0.25, 0.3) is 0 Å². The van der Waals surface area contributed by atoms with E-state index in [2.05, 4.69) is 21.6 Å². The highest BCUT2D eigenvalue weighted by Gasteiger charge is 2.32. The second kappa shape index (κ2) is 10.8. The highest BCUT2D eigenvalue weighted by atomic mass is 16.2. The summed E-state index contributed by atoms with van der Waals surface area (Å²) < 4.78 is 0. The molecule has 190 valence electrons. The van der Waals surface area contributed by atoms with Crippen LogP contribution in [0.25, 0.3) is 0 Å². The number of piperidine rings is 2. The molecular formula is C26H38N6O3. The van der Waals surface area contributed by atoms with Gasteiger partial charge >= 0.3 is 12.1 Å².